The summed E-state index contributed by atoms with van der Waals surface area (Å²) in [4.78, 5) is 29.1. The van der Waals surface area contributed by atoms with Gasteiger partial charge < -0.3 is 14.3 Å². The maximum atomic E-state index is 13.6. The van der Waals surface area contributed by atoms with Crippen molar-refractivity contribution in [1.29, 1.82) is 0 Å². The number of nitrogens with zero attached hydrogens (tertiary/aromatic N) is 1. The van der Waals surface area contributed by atoms with Gasteiger partial charge in [-0.3, -0.25) is 14.5 Å². The number of para-hydroxylation sites is 2. The van der Waals surface area contributed by atoms with E-state index in [9.17, 15) is 14.7 Å². The van der Waals surface area contributed by atoms with Crippen molar-refractivity contribution in [3.63, 3.8) is 0 Å². The molecule has 0 radical (unpaired) electrons. The molecule has 0 aliphatic carbocycles. The zero-order valence-corrected chi connectivity index (χ0v) is 18.2. The molecule has 0 saturated heterocycles. The highest BCUT2D eigenvalue weighted by Crippen LogP contribution is 2.45. The molecule has 1 amide bonds. The third kappa shape index (κ3) is 3.01. The molecule has 0 spiro atoms. The van der Waals surface area contributed by atoms with E-state index in [4.69, 9.17) is 9.15 Å². The van der Waals surface area contributed by atoms with Crippen molar-refractivity contribution in [2.75, 3.05) is 12.0 Å². The fraction of sp³-hybridized carbons (Fsp3) is 0.120. The van der Waals surface area contributed by atoms with Crippen LogP contribution in [0.25, 0.3) is 11.0 Å². The topological polar surface area (TPSA) is 80.0 Å². The molecule has 160 valence electrons. The largest absolute Gasteiger partial charge is 0.503 e. The van der Waals surface area contributed by atoms with Gasteiger partial charge in [-0.1, -0.05) is 30.3 Å². The number of Topliss-reactive ketones (excluding diaryl/α,β-unsaturated/α-hetero) is 1. The summed E-state index contributed by atoms with van der Waals surface area (Å²) in [6.07, 6.45) is 0. The zero-order valence-electron chi connectivity index (χ0n) is 17.4. The van der Waals surface area contributed by atoms with Crippen LogP contribution in [0.2, 0.25) is 0 Å². The molecule has 1 aliphatic heterocycles. The van der Waals surface area contributed by atoms with Crippen molar-refractivity contribution in [1.82, 2.24) is 0 Å². The highest BCUT2D eigenvalue weighted by Gasteiger charge is 2.46. The predicted molar refractivity (Wildman–Crippen MR) is 122 cm³/mol. The SMILES string of the molecule is COc1cccc2cc(C(=O)C3=C(O)C(=O)N(c4ccccc4)C3c3sccc3C)oc12. The van der Waals surface area contributed by atoms with E-state index in [0.717, 1.165) is 10.4 Å². The summed E-state index contributed by atoms with van der Waals surface area (Å²) >= 11 is 1.43. The van der Waals surface area contributed by atoms with Crippen LogP contribution < -0.4 is 9.64 Å². The first-order valence-corrected chi connectivity index (χ1v) is 10.9. The van der Waals surface area contributed by atoms with Crippen molar-refractivity contribution in [3.05, 3.63) is 93.6 Å². The van der Waals surface area contributed by atoms with E-state index in [-0.39, 0.29) is 11.3 Å². The Hall–Kier alpha value is -3.84. The van der Waals surface area contributed by atoms with E-state index in [1.54, 1.807) is 30.3 Å². The molecule has 2 aromatic heterocycles. The molecule has 1 unspecified atom stereocenters. The average molecular weight is 445 g/mol. The molecule has 3 heterocycles. The number of fused-ring (bicyclic) bond motifs is 1. The molecule has 6 nitrogen and oxygen atoms in total. The van der Waals surface area contributed by atoms with Crippen molar-refractivity contribution in [2.24, 2.45) is 0 Å². The van der Waals surface area contributed by atoms with Gasteiger partial charge in [-0.15, -0.1) is 11.3 Å². The number of ether oxygens (including phenoxy) is 1. The number of furan rings is 1. The Bertz CT molecular complexity index is 1380. The Morgan fingerprint density at radius 2 is 1.91 bits per heavy atom. The first-order valence-electron chi connectivity index (χ1n) is 9.98. The first-order chi connectivity index (χ1) is 15.5. The normalized spacial score (nSPS) is 16.2. The minimum atomic E-state index is -0.757. The van der Waals surface area contributed by atoms with Crippen LogP contribution in [-0.2, 0) is 4.79 Å². The lowest BCUT2D eigenvalue weighted by Crippen LogP contribution is -2.30. The summed E-state index contributed by atoms with van der Waals surface area (Å²) in [5.74, 6) is -1.19. The number of benzene rings is 2. The van der Waals surface area contributed by atoms with Crippen LogP contribution in [0.5, 0.6) is 5.75 Å². The molecule has 0 bridgehead atoms. The predicted octanol–water partition coefficient (Wildman–Crippen LogP) is 5.59. The lowest BCUT2D eigenvalue weighted by molar-refractivity contribution is -0.117. The molecule has 4 aromatic rings. The van der Waals surface area contributed by atoms with Crippen LogP contribution in [0.15, 0.2) is 81.8 Å². The molecule has 32 heavy (non-hydrogen) atoms. The van der Waals surface area contributed by atoms with Gasteiger partial charge in [0.2, 0.25) is 5.78 Å². The third-order valence-electron chi connectivity index (χ3n) is 5.59. The van der Waals surface area contributed by atoms with Gasteiger partial charge in [0.25, 0.3) is 5.91 Å². The molecule has 0 fully saturated rings. The number of amides is 1. The van der Waals surface area contributed by atoms with Gasteiger partial charge in [-0.25, -0.2) is 0 Å². The van der Waals surface area contributed by atoms with Crippen LogP contribution >= 0.6 is 11.3 Å². The summed E-state index contributed by atoms with van der Waals surface area (Å²) in [6.45, 7) is 1.92. The molecule has 0 saturated carbocycles. The number of carbonyl (C=O) groups is 2. The Morgan fingerprint density at radius 1 is 1.12 bits per heavy atom. The summed E-state index contributed by atoms with van der Waals surface area (Å²) in [5, 5.41) is 13.5. The van der Waals surface area contributed by atoms with Gasteiger partial charge >= 0.3 is 0 Å². The number of aliphatic hydroxyl groups excluding tert-OH is 1. The molecule has 1 atom stereocenters. The highest BCUT2D eigenvalue weighted by molar-refractivity contribution is 7.10. The van der Waals surface area contributed by atoms with Gasteiger partial charge in [0.05, 0.1) is 12.7 Å². The second kappa shape index (κ2) is 7.69. The van der Waals surface area contributed by atoms with Crippen molar-refractivity contribution in [3.8, 4) is 5.75 Å². The molecule has 5 rings (SSSR count). The van der Waals surface area contributed by atoms with Crippen molar-refractivity contribution >= 4 is 39.7 Å². The number of anilines is 1. The lowest BCUT2D eigenvalue weighted by Gasteiger charge is -2.26. The smallest absolute Gasteiger partial charge is 0.294 e. The van der Waals surface area contributed by atoms with Crippen molar-refractivity contribution in [2.45, 2.75) is 13.0 Å². The number of aliphatic hydroxyl groups is 1. The second-order valence-electron chi connectivity index (χ2n) is 7.46. The number of aryl methyl sites for hydroxylation is 1. The summed E-state index contributed by atoms with van der Waals surface area (Å²) in [7, 11) is 1.52. The summed E-state index contributed by atoms with van der Waals surface area (Å²) in [5.41, 5.74) is 1.96. The number of hydrogen-bond acceptors (Lipinski definition) is 6. The molecule has 1 N–H and O–H groups in total. The number of rotatable bonds is 5. The van der Waals surface area contributed by atoms with Crippen LogP contribution in [0.4, 0.5) is 5.69 Å². The Morgan fingerprint density at radius 3 is 2.59 bits per heavy atom. The van der Waals surface area contributed by atoms with Gasteiger partial charge in [-0.05, 0) is 48.2 Å². The minimum Gasteiger partial charge on any atom is -0.503 e. The molecule has 7 heteroatoms. The summed E-state index contributed by atoms with van der Waals surface area (Å²) < 4.78 is 11.2. The van der Waals surface area contributed by atoms with E-state index >= 15 is 0 Å². The van der Waals surface area contributed by atoms with Crippen LogP contribution in [0.3, 0.4) is 0 Å². The minimum absolute atomic E-state index is 0.00225. The quantitative estimate of drug-likeness (QED) is 0.405. The van der Waals surface area contributed by atoms with Crippen LogP contribution in [0, 0.1) is 6.92 Å². The molecule has 1 aliphatic rings. The van der Waals surface area contributed by atoms with Gasteiger partial charge in [0.1, 0.15) is 6.04 Å². The van der Waals surface area contributed by atoms with E-state index in [2.05, 4.69) is 0 Å². The highest BCUT2D eigenvalue weighted by atomic mass is 32.1. The molecule has 2 aromatic carbocycles. The number of methoxy groups -OCH3 is 1. The standard InChI is InChI=1S/C25H19NO5S/c1-14-11-12-32-24(14)20-19(22(28)25(29)26(20)16-8-4-3-5-9-16)21(27)18-13-15-7-6-10-17(30-2)23(15)31-18/h3-13,20,28H,1-2H3. The third-order valence-corrected chi connectivity index (χ3v) is 6.66. The maximum absolute atomic E-state index is 13.6. The average Bonchev–Trinajstić information content (AvgIpc) is 3.50. The first kappa shape index (κ1) is 20.1. The Kier molecular flexibility index (Phi) is 4.83. The van der Waals surface area contributed by atoms with E-state index in [0.29, 0.717) is 22.4 Å². The van der Waals surface area contributed by atoms with Gasteiger partial charge in [0.15, 0.2) is 22.9 Å². The van der Waals surface area contributed by atoms with Gasteiger partial charge in [0, 0.05) is 16.0 Å². The van der Waals surface area contributed by atoms with Crippen molar-refractivity contribution < 1.29 is 23.8 Å². The number of ketones is 1. The summed E-state index contributed by atoms with van der Waals surface area (Å²) in [6, 6.07) is 17.1. The lowest BCUT2D eigenvalue weighted by atomic mass is 9.98. The number of hydrogen-bond donors (Lipinski definition) is 1. The molecular formula is C25H19NO5S. The number of carbonyl (C=O) groups excluding carboxylic acids is 2. The monoisotopic (exact) mass is 445 g/mol. The van der Waals surface area contributed by atoms with E-state index < -0.39 is 23.5 Å². The Balaban J connectivity index is 1.67. The van der Waals surface area contributed by atoms with Gasteiger partial charge in [-0.2, -0.15) is 0 Å². The maximum Gasteiger partial charge on any atom is 0.294 e. The van der Waals surface area contributed by atoms with E-state index in [1.165, 1.54) is 23.3 Å². The fourth-order valence-electron chi connectivity index (χ4n) is 4.05. The zero-order chi connectivity index (χ0) is 22.4. The van der Waals surface area contributed by atoms with Crippen LogP contribution in [-0.4, -0.2) is 23.9 Å². The second-order valence-corrected chi connectivity index (χ2v) is 8.41. The van der Waals surface area contributed by atoms with E-state index in [1.807, 2.05) is 42.6 Å². The Labute approximate surface area is 188 Å². The number of thiophene rings is 1. The van der Waals surface area contributed by atoms with Crippen LogP contribution in [0.1, 0.15) is 27.0 Å². The molecular weight excluding hydrogens is 426 g/mol. The fourth-order valence-corrected chi connectivity index (χ4v) is 5.07.